The number of anilines is 2. The Bertz CT molecular complexity index is 1150. The average Bonchev–Trinajstić information content (AvgIpc) is 3.53. The highest BCUT2D eigenvalue weighted by Gasteiger charge is 2.29. The number of hydrogen-bond donors (Lipinski definition) is 2. The van der Waals surface area contributed by atoms with Crippen molar-refractivity contribution in [1.29, 1.82) is 5.26 Å². The molecule has 0 radical (unpaired) electrons. The smallest absolute Gasteiger partial charge is 0.266 e. The van der Waals surface area contributed by atoms with Gasteiger partial charge in [-0.1, -0.05) is 25.1 Å². The van der Waals surface area contributed by atoms with E-state index in [1.807, 2.05) is 36.1 Å². The van der Waals surface area contributed by atoms with E-state index in [9.17, 15) is 14.9 Å². The summed E-state index contributed by atoms with van der Waals surface area (Å²) in [5.74, 6) is 0.469. The molecular formula is C24H25N5O4. The topological polar surface area (TPSA) is 124 Å². The predicted molar refractivity (Wildman–Crippen MR) is 121 cm³/mol. The van der Waals surface area contributed by atoms with E-state index in [4.69, 9.17) is 8.83 Å². The van der Waals surface area contributed by atoms with Crippen molar-refractivity contribution in [2.45, 2.75) is 26.2 Å². The van der Waals surface area contributed by atoms with Gasteiger partial charge in [-0.25, -0.2) is 0 Å². The zero-order valence-electron chi connectivity index (χ0n) is 18.3. The van der Waals surface area contributed by atoms with Gasteiger partial charge in [0.15, 0.2) is 5.76 Å². The first-order chi connectivity index (χ1) is 16.1. The Hall–Kier alpha value is -4.06. The van der Waals surface area contributed by atoms with Crippen LogP contribution in [0.25, 0.3) is 11.7 Å². The summed E-state index contributed by atoms with van der Waals surface area (Å²) in [6, 6.07) is 13.1. The molecule has 1 fully saturated rings. The number of nitriles is 1. The van der Waals surface area contributed by atoms with Crippen LogP contribution < -0.4 is 15.5 Å². The molecule has 1 aliphatic rings. The molecule has 3 aromatic rings. The highest BCUT2D eigenvalue weighted by Crippen LogP contribution is 2.31. The third kappa shape index (κ3) is 5.06. The minimum atomic E-state index is -0.257. The summed E-state index contributed by atoms with van der Waals surface area (Å²) in [5.41, 5.74) is 2.00. The molecule has 170 valence electrons. The van der Waals surface area contributed by atoms with Gasteiger partial charge in [-0.3, -0.25) is 9.59 Å². The normalized spacial score (nSPS) is 14.0. The van der Waals surface area contributed by atoms with Crippen molar-refractivity contribution in [3.05, 3.63) is 53.9 Å². The van der Waals surface area contributed by atoms with E-state index in [-0.39, 0.29) is 35.9 Å². The number of aryl methyl sites for hydroxylation is 1. The van der Waals surface area contributed by atoms with Crippen LogP contribution in [0, 0.1) is 17.2 Å². The second-order valence-electron chi connectivity index (χ2n) is 7.80. The van der Waals surface area contributed by atoms with Crippen LogP contribution in [0.4, 0.5) is 11.6 Å². The Labute approximate surface area is 191 Å². The first-order valence-electron chi connectivity index (χ1n) is 10.9. The summed E-state index contributed by atoms with van der Waals surface area (Å²) in [4.78, 5) is 31.0. The Morgan fingerprint density at radius 3 is 2.70 bits per heavy atom. The molecule has 0 spiro atoms. The van der Waals surface area contributed by atoms with E-state index in [2.05, 4.69) is 21.7 Å². The third-order valence-electron chi connectivity index (χ3n) is 5.70. The van der Waals surface area contributed by atoms with Crippen molar-refractivity contribution in [1.82, 2.24) is 10.3 Å². The molecule has 0 saturated carbocycles. The van der Waals surface area contributed by atoms with Gasteiger partial charge in [0.05, 0.1) is 12.8 Å². The van der Waals surface area contributed by atoms with Crippen LogP contribution in [-0.4, -0.2) is 36.4 Å². The lowest BCUT2D eigenvalue weighted by Crippen LogP contribution is -2.42. The summed E-state index contributed by atoms with van der Waals surface area (Å²) in [6.07, 6.45) is 3.48. The lowest BCUT2D eigenvalue weighted by Gasteiger charge is -2.30. The Morgan fingerprint density at radius 2 is 2.00 bits per heavy atom. The maximum atomic E-state index is 12.6. The molecule has 1 aromatic carbocycles. The lowest BCUT2D eigenvalue weighted by atomic mass is 9.96. The van der Waals surface area contributed by atoms with Gasteiger partial charge < -0.3 is 24.4 Å². The van der Waals surface area contributed by atoms with Gasteiger partial charge in [0.2, 0.25) is 23.4 Å². The van der Waals surface area contributed by atoms with Gasteiger partial charge >= 0.3 is 0 Å². The highest BCUT2D eigenvalue weighted by molar-refractivity contribution is 5.95. The number of carbonyl (C=O) groups excluding carboxylic acids is 2. The molecule has 9 heteroatoms. The van der Waals surface area contributed by atoms with Crippen LogP contribution in [-0.2, 0) is 16.0 Å². The van der Waals surface area contributed by atoms with E-state index in [0.29, 0.717) is 37.6 Å². The molecule has 0 atom stereocenters. The summed E-state index contributed by atoms with van der Waals surface area (Å²) >= 11 is 0. The molecular weight excluding hydrogens is 422 g/mol. The summed E-state index contributed by atoms with van der Waals surface area (Å²) in [6.45, 7) is 3.02. The first-order valence-corrected chi connectivity index (χ1v) is 10.9. The van der Waals surface area contributed by atoms with Crippen LogP contribution in [0.1, 0.15) is 31.0 Å². The van der Waals surface area contributed by atoms with Gasteiger partial charge in [0.1, 0.15) is 6.07 Å². The van der Waals surface area contributed by atoms with Crippen molar-refractivity contribution in [2.24, 2.45) is 5.92 Å². The molecule has 0 unspecified atom stereocenters. The Balaban J connectivity index is 1.29. The Morgan fingerprint density at radius 1 is 1.21 bits per heavy atom. The maximum absolute atomic E-state index is 12.6. The fraction of sp³-hybridized carbons (Fsp3) is 0.333. The molecule has 0 aliphatic carbocycles. The number of aromatic nitrogens is 1. The fourth-order valence-electron chi connectivity index (χ4n) is 3.91. The standard InChI is InChI=1S/C24H25N5O4/c1-2-16-6-3-4-7-18(16)27-21(30)15-26-22(31)17-9-11-29(12-10-17)24-19(14-25)28-23(33-24)20-8-5-13-32-20/h3-8,13,17H,2,9-12,15H2,1H3,(H,26,31)(H,27,30). The number of piperidine rings is 1. The number of nitrogens with one attached hydrogen (secondary N) is 2. The van der Waals surface area contributed by atoms with Gasteiger partial charge in [0, 0.05) is 24.7 Å². The first kappa shape index (κ1) is 22.1. The number of nitrogens with zero attached hydrogens (tertiary/aromatic N) is 3. The molecule has 33 heavy (non-hydrogen) atoms. The van der Waals surface area contributed by atoms with Crippen LogP contribution in [0.15, 0.2) is 51.5 Å². The second-order valence-corrected chi connectivity index (χ2v) is 7.80. The van der Waals surface area contributed by atoms with E-state index in [1.165, 1.54) is 6.26 Å². The van der Waals surface area contributed by atoms with E-state index in [0.717, 1.165) is 17.7 Å². The molecule has 2 aromatic heterocycles. The van der Waals surface area contributed by atoms with Crippen molar-refractivity contribution >= 4 is 23.4 Å². The summed E-state index contributed by atoms with van der Waals surface area (Å²) in [5, 5.41) is 15.0. The monoisotopic (exact) mass is 447 g/mol. The van der Waals surface area contributed by atoms with Crippen molar-refractivity contribution in [2.75, 3.05) is 29.9 Å². The summed E-state index contributed by atoms with van der Waals surface area (Å²) in [7, 11) is 0. The SMILES string of the molecule is CCc1ccccc1NC(=O)CNC(=O)C1CCN(c2oc(-c3ccco3)nc2C#N)CC1. The van der Waals surface area contributed by atoms with Gasteiger partial charge in [-0.15, -0.1) is 0 Å². The van der Waals surface area contributed by atoms with Crippen LogP contribution in [0.2, 0.25) is 0 Å². The largest absolute Gasteiger partial charge is 0.459 e. The molecule has 4 rings (SSSR count). The molecule has 0 bridgehead atoms. The van der Waals surface area contributed by atoms with Crippen molar-refractivity contribution in [3.63, 3.8) is 0 Å². The number of furan rings is 1. The highest BCUT2D eigenvalue weighted by atomic mass is 16.4. The van der Waals surface area contributed by atoms with Crippen LogP contribution in [0.3, 0.4) is 0 Å². The molecule has 1 saturated heterocycles. The molecule has 9 nitrogen and oxygen atoms in total. The average molecular weight is 447 g/mol. The molecule has 1 aliphatic heterocycles. The molecule has 3 heterocycles. The quantitative estimate of drug-likeness (QED) is 0.569. The molecule has 2 amide bonds. The van der Waals surface area contributed by atoms with E-state index >= 15 is 0 Å². The number of rotatable bonds is 7. The third-order valence-corrected chi connectivity index (χ3v) is 5.70. The lowest BCUT2D eigenvalue weighted by molar-refractivity contribution is -0.127. The van der Waals surface area contributed by atoms with Gasteiger partial charge in [-0.2, -0.15) is 10.2 Å². The fourth-order valence-corrected chi connectivity index (χ4v) is 3.91. The minimum absolute atomic E-state index is 0.0791. The van der Waals surface area contributed by atoms with Gasteiger partial charge in [-0.05, 0) is 43.0 Å². The number of carbonyl (C=O) groups is 2. The zero-order chi connectivity index (χ0) is 23.2. The maximum Gasteiger partial charge on any atom is 0.266 e. The van der Waals surface area contributed by atoms with Crippen molar-refractivity contribution < 1.29 is 18.4 Å². The minimum Gasteiger partial charge on any atom is -0.459 e. The number of para-hydroxylation sites is 1. The number of oxazole rings is 1. The molecule has 2 N–H and O–H groups in total. The predicted octanol–water partition coefficient (Wildman–Crippen LogP) is 3.34. The van der Waals surface area contributed by atoms with Crippen molar-refractivity contribution in [3.8, 4) is 17.7 Å². The summed E-state index contributed by atoms with van der Waals surface area (Å²) < 4.78 is 11.1. The van der Waals surface area contributed by atoms with E-state index in [1.54, 1.807) is 12.1 Å². The van der Waals surface area contributed by atoms with Crippen LogP contribution >= 0.6 is 0 Å². The number of benzene rings is 1. The zero-order valence-corrected chi connectivity index (χ0v) is 18.3. The van der Waals surface area contributed by atoms with E-state index < -0.39 is 0 Å². The Kier molecular flexibility index (Phi) is 6.74. The second kappa shape index (κ2) is 10.0. The number of hydrogen-bond acceptors (Lipinski definition) is 7. The van der Waals surface area contributed by atoms with Gasteiger partial charge in [0.25, 0.3) is 5.89 Å². The van der Waals surface area contributed by atoms with Crippen LogP contribution in [0.5, 0.6) is 0 Å². The number of amides is 2.